The van der Waals surface area contributed by atoms with Gasteiger partial charge in [0, 0.05) is 5.02 Å². The van der Waals surface area contributed by atoms with Crippen LogP contribution in [0.2, 0.25) is 5.02 Å². The molecule has 5 heteroatoms. The quantitative estimate of drug-likeness (QED) is 0.850. The van der Waals surface area contributed by atoms with E-state index in [1.165, 1.54) is 0 Å². The van der Waals surface area contributed by atoms with Crippen molar-refractivity contribution >= 4 is 23.2 Å². The molecule has 0 aliphatic rings. The number of hydrogen-bond donors (Lipinski definition) is 2. The van der Waals surface area contributed by atoms with E-state index in [0.29, 0.717) is 16.5 Å². The van der Waals surface area contributed by atoms with E-state index in [4.69, 9.17) is 27.8 Å². The predicted molar refractivity (Wildman–Crippen MR) is 80.4 cm³/mol. The highest BCUT2D eigenvalue weighted by molar-refractivity contribution is 6.32. The third kappa shape index (κ3) is 2.70. The van der Waals surface area contributed by atoms with Gasteiger partial charge in [0.05, 0.1) is 11.3 Å². The molecule has 0 aliphatic carbocycles. The number of hydrogen-bond acceptors (Lipinski definition) is 3. The normalized spacial score (nSPS) is 10.3. The molecule has 0 saturated carbocycles. The Labute approximate surface area is 122 Å². The molecule has 0 aromatic heterocycles. The molecular formula is C15H15ClN2O2. The molecule has 2 aromatic rings. The Balaban J connectivity index is 2.40. The van der Waals surface area contributed by atoms with Gasteiger partial charge in [0.2, 0.25) is 0 Å². The first kappa shape index (κ1) is 14.2. The molecule has 20 heavy (non-hydrogen) atoms. The van der Waals surface area contributed by atoms with Gasteiger partial charge in [-0.3, -0.25) is 4.79 Å². The molecular weight excluding hydrogens is 276 g/mol. The predicted octanol–water partition coefficient (Wildman–Crippen LogP) is 3.43. The average molecular weight is 291 g/mol. The molecule has 0 radical (unpaired) electrons. The van der Waals surface area contributed by atoms with Crippen LogP contribution in [0.5, 0.6) is 11.5 Å². The number of para-hydroxylation sites is 1. The summed E-state index contributed by atoms with van der Waals surface area (Å²) < 4.78 is 5.73. The van der Waals surface area contributed by atoms with E-state index >= 15 is 0 Å². The van der Waals surface area contributed by atoms with E-state index < -0.39 is 5.91 Å². The number of carbonyl (C=O) groups excluding carboxylic acids is 1. The zero-order valence-electron chi connectivity index (χ0n) is 11.2. The van der Waals surface area contributed by atoms with Crippen molar-refractivity contribution < 1.29 is 9.53 Å². The second kappa shape index (κ2) is 5.43. The molecule has 104 valence electrons. The molecule has 1 amide bonds. The number of carbonyl (C=O) groups is 1. The number of nitrogens with two attached hydrogens (primary N) is 2. The van der Waals surface area contributed by atoms with Crippen molar-refractivity contribution in [2.24, 2.45) is 5.73 Å². The summed E-state index contributed by atoms with van der Waals surface area (Å²) in [5.74, 6) is 0.413. The van der Waals surface area contributed by atoms with Gasteiger partial charge < -0.3 is 16.2 Å². The van der Waals surface area contributed by atoms with Crippen LogP contribution in [0, 0.1) is 13.8 Å². The van der Waals surface area contributed by atoms with Crippen molar-refractivity contribution in [2.45, 2.75) is 13.8 Å². The lowest BCUT2D eigenvalue weighted by molar-refractivity contribution is 0.100. The lowest BCUT2D eigenvalue weighted by Crippen LogP contribution is -2.13. The van der Waals surface area contributed by atoms with E-state index in [9.17, 15) is 4.79 Å². The molecule has 0 atom stereocenters. The second-order valence-corrected chi connectivity index (χ2v) is 4.93. The summed E-state index contributed by atoms with van der Waals surface area (Å²) in [5.41, 5.74) is 13.4. The summed E-state index contributed by atoms with van der Waals surface area (Å²) in [6.07, 6.45) is 0. The Morgan fingerprint density at radius 2 is 1.80 bits per heavy atom. The van der Waals surface area contributed by atoms with Gasteiger partial charge >= 0.3 is 0 Å². The van der Waals surface area contributed by atoms with Crippen molar-refractivity contribution in [3.63, 3.8) is 0 Å². The number of anilines is 1. The van der Waals surface area contributed by atoms with Crippen molar-refractivity contribution in [3.8, 4) is 11.5 Å². The summed E-state index contributed by atoms with van der Waals surface area (Å²) in [6, 6.07) is 8.53. The fourth-order valence-electron chi connectivity index (χ4n) is 1.94. The third-order valence-electron chi connectivity index (χ3n) is 2.97. The highest BCUT2D eigenvalue weighted by atomic mass is 35.5. The summed E-state index contributed by atoms with van der Waals surface area (Å²) in [7, 11) is 0. The Morgan fingerprint density at radius 1 is 1.20 bits per heavy atom. The van der Waals surface area contributed by atoms with Gasteiger partial charge in [-0.05, 0) is 49.2 Å². The zero-order valence-corrected chi connectivity index (χ0v) is 12.0. The van der Waals surface area contributed by atoms with Crippen LogP contribution in [0.25, 0.3) is 0 Å². The molecule has 2 aromatic carbocycles. The number of primary amides is 1. The second-order valence-electron chi connectivity index (χ2n) is 4.55. The van der Waals surface area contributed by atoms with Crippen LogP contribution in [-0.2, 0) is 0 Å². The van der Waals surface area contributed by atoms with Crippen LogP contribution < -0.4 is 16.2 Å². The van der Waals surface area contributed by atoms with E-state index in [0.717, 1.165) is 11.1 Å². The van der Waals surface area contributed by atoms with Crippen molar-refractivity contribution in [1.29, 1.82) is 0 Å². The maximum atomic E-state index is 11.2. The molecule has 0 saturated heterocycles. The summed E-state index contributed by atoms with van der Waals surface area (Å²) in [4.78, 5) is 11.2. The minimum atomic E-state index is -0.587. The van der Waals surface area contributed by atoms with Crippen LogP contribution in [0.4, 0.5) is 5.69 Å². The lowest BCUT2D eigenvalue weighted by atomic mass is 10.1. The largest absolute Gasteiger partial charge is 0.455 e. The molecule has 0 heterocycles. The van der Waals surface area contributed by atoms with Crippen LogP contribution in [0.3, 0.4) is 0 Å². The first-order chi connectivity index (χ1) is 9.40. The highest BCUT2D eigenvalue weighted by Crippen LogP contribution is 2.33. The van der Waals surface area contributed by atoms with Crippen LogP contribution in [-0.4, -0.2) is 5.91 Å². The van der Waals surface area contributed by atoms with Gasteiger partial charge in [-0.2, -0.15) is 0 Å². The molecule has 0 unspecified atom stereocenters. The summed E-state index contributed by atoms with van der Waals surface area (Å²) in [6.45, 7) is 3.79. The minimum Gasteiger partial charge on any atom is -0.455 e. The Kier molecular flexibility index (Phi) is 3.86. The SMILES string of the molecule is Cc1cc(Oc2cccc(C(N)=O)c2N)cc(C)c1Cl. The third-order valence-corrected chi connectivity index (χ3v) is 3.57. The number of nitrogen functional groups attached to an aromatic ring is 1. The fraction of sp³-hybridized carbons (Fsp3) is 0.133. The maximum Gasteiger partial charge on any atom is 0.250 e. The highest BCUT2D eigenvalue weighted by Gasteiger charge is 2.12. The van der Waals surface area contributed by atoms with Crippen LogP contribution in [0.15, 0.2) is 30.3 Å². The maximum absolute atomic E-state index is 11.2. The van der Waals surface area contributed by atoms with Crippen molar-refractivity contribution in [3.05, 3.63) is 52.0 Å². The van der Waals surface area contributed by atoms with Gasteiger partial charge in [-0.1, -0.05) is 17.7 Å². The molecule has 4 nitrogen and oxygen atoms in total. The van der Waals surface area contributed by atoms with Gasteiger partial charge in [0.1, 0.15) is 5.75 Å². The number of halogens is 1. The fourth-order valence-corrected chi connectivity index (χ4v) is 2.05. The van der Waals surface area contributed by atoms with E-state index in [-0.39, 0.29) is 11.3 Å². The first-order valence-electron chi connectivity index (χ1n) is 6.03. The Morgan fingerprint density at radius 3 is 2.35 bits per heavy atom. The number of ether oxygens (including phenoxy) is 1. The van der Waals surface area contributed by atoms with E-state index in [2.05, 4.69) is 0 Å². The molecule has 0 bridgehead atoms. The summed E-state index contributed by atoms with van der Waals surface area (Å²) in [5, 5.41) is 0.705. The molecule has 0 aliphatic heterocycles. The number of aryl methyl sites for hydroxylation is 2. The van der Waals surface area contributed by atoms with E-state index in [1.807, 2.05) is 26.0 Å². The van der Waals surface area contributed by atoms with Crippen molar-refractivity contribution in [2.75, 3.05) is 5.73 Å². The zero-order chi connectivity index (χ0) is 14.9. The molecule has 4 N–H and O–H groups in total. The number of benzene rings is 2. The molecule has 0 spiro atoms. The number of rotatable bonds is 3. The standard InChI is InChI=1S/C15H15ClN2O2/c1-8-6-10(7-9(2)13(8)16)20-12-5-3-4-11(14(12)17)15(18)19/h3-7H,17H2,1-2H3,(H2,18,19). The monoisotopic (exact) mass is 290 g/mol. The Hall–Kier alpha value is -2.20. The summed E-state index contributed by atoms with van der Waals surface area (Å²) >= 11 is 6.11. The molecule has 2 rings (SSSR count). The average Bonchev–Trinajstić information content (AvgIpc) is 2.38. The van der Waals surface area contributed by atoms with Gasteiger partial charge in [-0.25, -0.2) is 0 Å². The first-order valence-corrected chi connectivity index (χ1v) is 6.41. The van der Waals surface area contributed by atoms with Gasteiger partial charge in [0.15, 0.2) is 5.75 Å². The smallest absolute Gasteiger partial charge is 0.250 e. The van der Waals surface area contributed by atoms with Gasteiger partial charge in [-0.15, -0.1) is 0 Å². The van der Waals surface area contributed by atoms with Crippen LogP contribution in [0.1, 0.15) is 21.5 Å². The minimum absolute atomic E-state index is 0.227. The van der Waals surface area contributed by atoms with Crippen LogP contribution >= 0.6 is 11.6 Å². The molecule has 0 fully saturated rings. The van der Waals surface area contributed by atoms with Crippen molar-refractivity contribution in [1.82, 2.24) is 0 Å². The topological polar surface area (TPSA) is 78.3 Å². The lowest BCUT2D eigenvalue weighted by Gasteiger charge is -2.12. The van der Waals surface area contributed by atoms with E-state index in [1.54, 1.807) is 18.2 Å². The van der Waals surface area contributed by atoms with Gasteiger partial charge in [0.25, 0.3) is 5.91 Å². The number of amides is 1. The Bertz CT molecular complexity index is 661.